The molecule has 1 aliphatic heterocycles. The molecule has 0 saturated heterocycles. The van der Waals surface area contributed by atoms with E-state index in [0.717, 1.165) is 22.8 Å². The van der Waals surface area contributed by atoms with Crippen molar-refractivity contribution in [3.05, 3.63) is 78.1 Å². The molecular weight excluding hydrogens is 366 g/mol. The fraction of sp³-hybridized carbons (Fsp3) is 0.174. The van der Waals surface area contributed by atoms with Crippen molar-refractivity contribution in [3.63, 3.8) is 0 Å². The molecular formula is C23H21N3O3. The van der Waals surface area contributed by atoms with Gasteiger partial charge in [-0.15, -0.1) is 0 Å². The van der Waals surface area contributed by atoms with Crippen LogP contribution in [-0.2, 0) is 4.74 Å². The second-order valence-electron chi connectivity index (χ2n) is 6.25. The predicted octanol–water partition coefficient (Wildman–Crippen LogP) is 4.37. The molecule has 0 unspecified atom stereocenters. The highest BCUT2D eigenvalue weighted by atomic mass is 16.5. The van der Waals surface area contributed by atoms with Crippen molar-refractivity contribution in [2.75, 3.05) is 26.4 Å². The standard InChI is InChI=1S/C23H21N3O3/c1-3-10-22-20(8-1)24-16-18-6-5-7-19(26-18)17-25-21-9-2-4-11-23(21)29-15-13-27-12-14-28-22/h1-11,16-17H,12-15H2. The van der Waals surface area contributed by atoms with E-state index in [9.17, 15) is 0 Å². The Morgan fingerprint density at radius 2 is 1.07 bits per heavy atom. The number of ether oxygens (including phenoxy) is 3. The number of pyridine rings is 1. The molecule has 4 rings (SSSR count). The van der Waals surface area contributed by atoms with Gasteiger partial charge in [0.25, 0.3) is 0 Å². The third kappa shape index (κ3) is 5.27. The Bertz CT molecular complexity index is 941. The first-order chi connectivity index (χ1) is 14.4. The largest absolute Gasteiger partial charge is 0.489 e. The van der Waals surface area contributed by atoms with E-state index in [4.69, 9.17) is 14.2 Å². The van der Waals surface area contributed by atoms with Gasteiger partial charge in [-0.1, -0.05) is 30.3 Å². The van der Waals surface area contributed by atoms with Gasteiger partial charge < -0.3 is 14.2 Å². The molecule has 2 heterocycles. The zero-order valence-electron chi connectivity index (χ0n) is 15.9. The molecule has 29 heavy (non-hydrogen) atoms. The summed E-state index contributed by atoms with van der Waals surface area (Å²) in [5, 5.41) is 0. The highest BCUT2D eigenvalue weighted by Gasteiger charge is 2.04. The van der Waals surface area contributed by atoms with Gasteiger partial charge in [-0.2, -0.15) is 0 Å². The van der Waals surface area contributed by atoms with E-state index in [-0.39, 0.29) is 0 Å². The van der Waals surface area contributed by atoms with E-state index in [1.165, 1.54) is 0 Å². The van der Waals surface area contributed by atoms with Crippen molar-refractivity contribution >= 4 is 23.8 Å². The highest BCUT2D eigenvalue weighted by molar-refractivity contribution is 5.84. The quantitative estimate of drug-likeness (QED) is 0.574. The van der Waals surface area contributed by atoms with Crippen LogP contribution in [0.3, 0.4) is 0 Å². The summed E-state index contributed by atoms with van der Waals surface area (Å²) < 4.78 is 17.3. The van der Waals surface area contributed by atoms with Crippen LogP contribution in [0.25, 0.3) is 0 Å². The topological polar surface area (TPSA) is 65.3 Å². The van der Waals surface area contributed by atoms with Crippen molar-refractivity contribution in [3.8, 4) is 11.5 Å². The normalized spacial score (nSPS) is 14.5. The number of aromatic nitrogens is 1. The molecule has 2 bridgehead atoms. The van der Waals surface area contributed by atoms with Gasteiger partial charge in [0.15, 0.2) is 0 Å². The smallest absolute Gasteiger partial charge is 0.145 e. The van der Waals surface area contributed by atoms with Crippen molar-refractivity contribution in [2.24, 2.45) is 9.98 Å². The van der Waals surface area contributed by atoms with E-state index < -0.39 is 0 Å². The lowest BCUT2D eigenvalue weighted by Crippen LogP contribution is -2.12. The Morgan fingerprint density at radius 3 is 1.62 bits per heavy atom. The lowest BCUT2D eigenvalue weighted by molar-refractivity contribution is 0.0767. The number of benzene rings is 2. The fourth-order valence-corrected chi connectivity index (χ4v) is 2.78. The molecule has 2 aromatic carbocycles. The monoisotopic (exact) mass is 387 g/mol. The van der Waals surface area contributed by atoms with Crippen LogP contribution < -0.4 is 9.47 Å². The number of aliphatic imine (C=N–C) groups is 2. The van der Waals surface area contributed by atoms with Crippen LogP contribution in [0, 0.1) is 0 Å². The first-order valence-corrected chi connectivity index (χ1v) is 9.45. The Balaban J connectivity index is 1.64. The van der Waals surface area contributed by atoms with Crippen LogP contribution in [0.5, 0.6) is 11.5 Å². The van der Waals surface area contributed by atoms with Crippen LogP contribution in [-0.4, -0.2) is 43.8 Å². The molecule has 1 aliphatic rings. The second kappa shape index (κ2) is 9.61. The molecule has 0 aliphatic carbocycles. The minimum absolute atomic E-state index is 0.432. The zero-order chi connectivity index (χ0) is 19.7. The molecule has 0 spiro atoms. The fourth-order valence-electron chi connectivity index (χ4n) is 2.78. The van der Waals surface area contributed by atoms with Gasteiger partial charge in [-0.3, -0.25) is 9.98 Å². The highest BCUT2D eigenvalue weighted by Crippen LogP contribution is 2.27. The first-order valence-electron chi connectivity index (χ1n) is 9.45. The Labute approximate surface area is 169 Å². The molecule has 146 valence electrons. The van der Waals surface area contributed by atoms with Gasteiger partial charge in [0.05, 0.1) is 37.0 Å². The Hall–Kier alpha value is -3.51. The van der Waals surface area contributed by atoms with Gasteiger partial charge in [0.2, 0.25) is 0 Å². The Morgan fingerprint density at radius 1 is 0.552 bits per heavy atom. The van der Waals surface area contributed by atoms with Gasteiger partial charge in [-0.25, -0.2) is 4.98 Å². The summed E-state index contributed by atoms with van der Waals surface area (Å²) in [6.45, 7) is 1.79. The van der Waals surface area contributed by atoms with Crippen molar-refractivity contribution in [1.82, 2.24) is 4.98 Å². The van der Waals surface area contributed by atoms with E-state index in [0.29, 0.717) is 37.9 Å². The maximum absolute atomic E-state index is 5.82. The van der Waals surface area contributed by atoms with Crippen LogP contribution in [0.2, 0.25) is 0 Å². The predicted molar refractivity (Wildman–Crippen MR) is 113 cm³/mol. The molecule has 0 amide bonds. The third-order valence-electron chi connectivity index (χ3n) is 4.16. The summed E-state index contributed by atoms with van der Waals surface area (Å²) in [4.78, 5) is 13.7. The van der Waals surface area contributed by atoms with Crippen molar-refractivity contribution in [2.45, 2.75) is 0 Å². The van der Waals surface area contributed by atoms with E-state index in [1.54, 1.807) is 12.4 Å². The van der Waals surface area contributed by atoms with Crippen molar-refractivity contribution in [1.29, 1.82) is 0 Å². The number of nitrogens with zero attached hydrogens (tertiary/aromatic N) is 3. The lowest BCUT2D eigenvalue weighted by atomic mass is 10.3. The van der Waals surface area contributed by atoms with Gasteiger partial charge in [0, 0.05) is 0 Å². The molecule has 0 atom stereocenters. The average molecular weight is 387 g/mol. The number of para-hydroxylation sites is 4. The molecule has 6 heteroatoms. The number of rotatable bonds is 0. The second-order valence-corrected chi connectivity index (χ2v) is 6.25. The molecule has 6 nitrogen and oxygen atoms in total. The zero-order valence-corrected chi connectivity index (χ0v) is 15.9. The lowest BCUT2D eigenvalue weighted by Gasteiger charge is -2.11. The summed E-state index contributed by atoms with van der Waals surface area (Å²) in [5.74, 6) is 1.41. The maximum Gasteiger partial charge on any atom is 0.145 e. The molecule has 0 saturated carbocycles. The maximum atomic E-state index is 5.82. The van der Waals surface area contributed by atoms with Crippen LogP contribution in [0.15, 0.2) is 76.7 Å². The van der Waals surface area contributed by atoms with E-state index in [2.05, 4.69) is 15.0 Å². The summed E-state index contributed by atoms with van der Waals surface area (Å²) >= 11 is 0. The summed E-state index contributed by atoms with van der Waals surface area (Å²) in [7, 11) is 0. The number of fused-ring (bicyclic) bond motifs is 4. The molecule has 1 aromatic heterocycles. The molecule has 3 aromatic rings. The van der Waals surface area contributed by atoms with Crippen LogP contribution in [0.1, 0.15) is 11.4 Å². The minimum atomic E-state index is 0.432. The average Bonchev–Trinajstić information content (AvgIpc) is 2.77. The van der Waals surface area contributed by atoms with Gasteiger partial charge in [-0.05, 0) is 36.4 Å². The minimum Gasteiger partial charge on any atom is -0.489 e. The van der Waals surface area contributed by atoms with E-state index >= 15 is 0 Å². The first kappa shape index (κ1) is 18.8. The third-order valence-corrected chi connectivity index (χ3v) is 4.16. The van der Waals surface area contributed by atoms with Gasteiger partial charge >= 0.3 is 0 Å². The molecule has 0 N–H and O–H groups in total. The van der Waals surface area contributed by atoms with Crippen molar-refractivity contribution < 1.29 is 14.2 Å². The van der Waals surface area contributed by atoms with Gasteiger partial charge in [0.1, 0.15) is 36.1 Å². The van der Waals surface area contributed by atoms with E-state index in [1.807, 2.05) is 66.7 Å². The summed E-state index contributed by atoms with van der Waals surface area (Å²) in [5.41, 5.74) is 2.95. The number of hydrogen-bond donors (Lipinski definition) is 0. The van der Waals surface area contributed by atoms with Crippen LogP contribution in [0.4, 0.5) is 11.4 Å². The summed E-state index contributed by atoms with van der Waals surface area (Å²) in [6, 6.07) is 21.0. The summed E-state index contributed by atoms with van der Waals surface area (Å²) in [6.07, 6.45) is 3.44. The van der Waals surface area contributed by atoms with Crippen LogP contribution >= 0.6 is 0 Å². The number of hydrogen-bond acceptors (Lipinski definition) is 6. The SMILES string of the molecule is C1=Nc2ccccc2OCCOCCOc2ccccc2N=Cc2cccc1n2. The molecule has 0 radical (unpaired) electrons. The molecule has 0 fully saturated rings. The Kier molecular flexibility index (Phi) is 6.24.